The van der Waals surface area contributed by atoms with Crippen molar-refractivity contribution >= 4 is 23.4 Å². The van der Waals surface area contributed by atoms with Gasteiger partial charge in [0.25, 0.3) is 0 Å². The number of alkyl halides is 3. The van der Waals surface area contributed by atoms with Crippen LogP contribution < -0.4 is 5.32 Å². The Morgan fingerprint density at radius 3 is 2.68 bits per heavy atom. The number of amides is 1. The van der Waals surface area contributed by atoms with Gasteiger partial charge in [-0.2, -0.15) is 13.2 Å². The molecule has 140 valence electrons. The van der Waals surface area contributed by atoms with Crippen LogP contribution in [0.2, 0.25) is 0 Å². The van der Waals surface area contributed by atoms with Crippen molar-refractivity contribution in [1.82, 2.24) is 0 Å². The number of aryl methyl sites for hydroxylation is 1. The van der Waals surface area contributed by atoms with Crippen molar-refractivity contribution in [2.45, 2.75) is 69.2 Å². The number of hydrogen-bond acceptors (Lipinski definition) is 2. The van der Waals surface area contributed by atoms with Crippen LogP contribution in [-0.4, -0.2) is 17.3 Å². The van der Waals surface area contributed by atoms with Gasteiger partial charge in [0.1, 0.15) is 0 Å². The van der Waals surface area contributed by atoms with Gasteiger partial charge in [0.05, 0.1) is 5.92 Å². The number of benzene rings is 1. The van der Waals surface area contributed by atoms with E-state index in [1.807, 2.05) is 25.1 Å². The largest absolute Gasteiger partial charge is 0.391 e. The fourth-order valence-electron chi connectivity index (χ4n) is 3.13. The normalized spacial score (nSPS) is 22.5. The van der Waals surface area contributed by atoms with Crippen molar-refractivity contribution in [2.75, 3.05) is 5.32 Å². The Balaban J connectivity index is 2.00. The Labute approximate surface area is 152 Å². The summed E-state index contributed by atoms with van der Waals surface area (Å²) in [7, 11) is 0. The van der Waals surface area contributed by atoms with E-state index >= 15 is 0 Å². The summed E-state index contributed by atoms with van der Waals surface area (Å²) >= 11 is 1.78. The summed E-state index contributed by atoms with van der Waals surface area (Å²) in [5.41, 5.74) is 1.62. The molecule has 3 unspecified atom stereocenters. The maximum atomic E-state index is 12.9. The van der Waals surface area contributed by atoms with Crippen LogP contribution in [0.1, 0.15) is 51.5 Å². The molecule has 1 aromatic carbocycles. The van der Waals surface area contributed by atoms with Crippen LogP contribution in [0.4, 0.5) is 18.9 Å². The molecule has 2 nitrogen and oxygen atoms in total. The van der Waals surface area contributed by atoms with E-state index in [9.17, 15) is 18.0 Å². The van der Waals surface area contributed by atoms with Gasteiger partial charge in [-0.25, -0.2) is 0 Å². The zero-order valence-electron chi connectivity index (χ0n) is 15.0. The van der Waals surface area contributed by atoms with Crippen LogP contribution in [0.15, 0.2) is 23.1 Å². The van der Waals surface area contributed by atoms with Crippen LogP contribution >= 0.6 is 11.8 Å². The van der Waals surface area contributed by atoms with E-state index in [2.05, 4.69) is 19.2 Å². The lowest BCUT2D eigenvalue weighted by Crippen LogP contribution is -2.34. The Morgan fingerprint density at radius 1 is 1.36 bits per heavy atom. The number of rotatable bonds is 5. The third-order valence-corrected chi connectivity index (χ3v) is 6.14. The van der Waals surface area contributed by atoms with E-state index in [1.54, 1.807) is 11.8 Å². The molecule has 0 spiro atoms. The smallest absolute Gasteiger partial charge is 0.326 e. The first-order chi connectivity index (χ1) is 11.7. The van der Waals surface area contributed by atoms with Crippen LogP contribution in [0, 0.1) is 18.8 Å². The first-order valence-electron chi connectivity index (χ1n) is 8.85. The second kappa shape index (κ2) is 8.47. The van der Waals surface area contributed by atoms with Crippen molar-refractivity contribution in [3.8, 4) is 0 Å². The van der Waals surface area contributed by atoms with Crippen LogP contribution in [0.5, 0.6) is 0 Å². The summed E-state index contributed by atoms with van der Waals surface area (Å²) in [5.74, 6) is -2.21. The standard InChI is InChI=1S/C19H26F3NOS/c1-4-13(3)25-16-8-9-17(12(2)10-16)23-18(24)14-6-5-7-15(11-14)19(20,21)22/h8-10,13-15H,4-7,11H2,1-3H3,(H,23,24). The topological polar surface area (TPSA) is 29.1 Å². The molecule has 25 heavy (non-hydrogen) atoms. The molecular weight excluding hydrogens is 347 g/mol. The minimum atomic E-state index is -4.20. The van der Waals surface area contributed by atoms with Gasteiger partial charge in [0.15, 0.2) is 0 Å². The first-order valence-corrected chi connectivity index (χ1v) is 9.73. The molecule has 1 aromatic rings. The SMILES string of the molecule is CCC(C)Sc1ccc(NC(=O)C2CCCC(C(F)(F)F)C2)c(C)c1. The molecule has 0 heterocycles. The van der Waals surface area contributed by atoms with E-state index < -0.39 is 18.0 Å². The minimum absolute atomic E-state index is 0.101. The zero-order chi connectivity index (χ0) is 18.6. The number of carbonyl (C=O) groups excluding carboxylic acids is 1. The second-order valence-corrected chi connectivity index (χ2v) is 8.42. The molecule has 1 saturated carbocycles. The number of hydrogen-bond donors (Lipinski definition) is 1. The number of thioether (sulfide) groups is 1. The minimum Gasteiger partial charge on any atom is -0.326 e. The van der Waals surface area contributed by atoms with Gasteiger partial charge in [-0.15, -0.1) is 11.8 Å². The molecule has 1 aliphatic rings. The monoisotopic (exact) mass is 373 g/mol. The molecule has 1 N–H and O–H groups in total. The van der Waals surface area contributed by atoms with Gasteiger partial charge in [0.2, 0.25) is 5.91 Å². The highest BCUT2D eigenvalue weighted by Gasteiger charge is 2.43. The quantitative estimate of drug-likeness (QED) is 0.623. The molecule has 6 heteroatoms. The van der Waals surface area contributed by atoms with Crippen molar-refractivity contribution < 1.29 is 18.0 Å². The molecule has 1 aliphatic carbocycles. The van der Waals surface area contributed by atoms with Crippen molar-refractivity contribution in [2.24, 2.45) is 11.8 Å². The van der Waals surface area contributed by atoms with Gasteiger partial charge < -0.3 is 5.32 Å². The van der Waals surface area contributed by atoms with Crippen molar-refractivity contribution in [3.05, 3.63) is 23.8 Å². The third kappa shape index (κ3) is 5.66. The molecule has 1 fully saturated rings. The third-order valence-electron chi connectivity index (χ3n) is 4.88. The molecule has 1 amide bonds. The first kappa shape index (κ1) is 20.1. The fraction of sp³-hybridized carbons (Fsp3) is 0.632. The highest BCUT2D eigenvalue weighted by molar-refractivity contribution is 7.99. The van der Waals surface area contributed by atoms with Gasteiger partial charge in [0, 0.05) is 21.8 Å². The summed E-state index contributed by atoms with van der Waals surface area (Å²) < 4.78 is 38.7. The number of nitrogens with one attached hydrogen (secondary N) is 1. The lowest BCUT2D eigenvalue weighted by Gasteiger charge is -2.29. The van der Waals surface area contributed by atoms with Gasteiger partial charge in [-0.05, 0) is 56.4 Å². The molecule has 0 aliphatic heterocycles. The van der Waals surface area contributed by atoms with E-state index in [4.69, 9.17) is 0 Å². The molecule has 0 saturated heterocycles. The van der Waals surface area contributed by atoms with Gasteiger partial charge >= 0.3 is 6.18 Å². The van der Waals surface area contributed by atoms with Crippen molar-refractivity contribution in [1.29, 1.82) is 0 Å². The lowest BCUT2D eigenvalue weighted by atomic mass is 9.80. The van der Waals surface area contributed by atoms with E-state index in [1.165, 1.54) is 0 Å². The molecule has 0 aromatic heterocycles. The summed E-state index contributed by atoms with van der Waals surface area (Å²) in [4.78, 5) is 13.6. The molecule has 0 radical (unpaired) electrons. The predicted molar refractivity (Wildman–Crippen MR) is 96.9 cm³/mol. The van der Waals surface area contributed by atoms with E-state index in [0.29, 0.717) is 23.8 Å². The Bertz CT molecular complexity index is 603. The zero-order valence-corrected chi connectivity index (χ0v) is 15.8. The molecular formula is C19H26F3NOS. The lowest BCUT2D eigenvalue weighted by molar-refractivity contribution is -0.185. The van der Waals surface area contributed by atoms with E-state index in [-0.39, 0.29) is 18.7 Å². The van der Waals surface area contributed by atoms with Crippen LogP contribution in [0.3, 0.4) is 0 Å². The van der Waals surface area contributed by atoms with Gasteiger partial charge in [-0.3, -0.25) is 4.79 Å². The maximum absolute atomic E-state index is 12.9. The fourth-order valence-corrected chi connectivity index (χ4v) is 4.15. The Kier molecular flexibility index (Phi) is 6.83. The summed E-state index contributed by atoms with van der Waals surface area (Å²) in [5, 5.41) is 3.35. The number of anilines is 1. The van der Waals surface area contributed by atoms with E-state index in [0.717, 1.165) is 16.9 Å². The Hall–Kier alpha value is -1.17. The number of halogens is 3. The van der Waals surface area contributed by atoms with Gasteiger partial charge in [-0.1, -0.05) is 20.3 Å². The summed E-state index contributed by atoms with van der Waals surface area (Å²) in [6.07, 6.45) is -2.12. The predicted octanol–water partition coefficient (Wildman–Crippen LogP) is 6.19. The van der Waals surface area contributed by atoms with Crippen LogP contribution in [0.25, 0.3) is 0 Å². The molecule has 3 atom stereocenters. The highest BCUT2D eigenvalue weighted by atomic mass is 32.2. The summed E-state index contributed by atoms with van der Waals surface area (Å²) in [6, 6.07) is 5.83. The summed E-state index contributed by atoms with van der Waals surface area (Å²) in [6.45, 7) is 6.21. The average Bonchev–Trinajstić information content (AvgIpc) is 2.56. The maximum Gasteiger partial charge on any atom is 0.391 e. The second-order valence-electron chi connectivity index (χ2n) is 6.90. The highest BCUT2D eigenvalue weighted by Crippen LogP contribution is 2.40. The molecule has 0 bridgehead atoms. The van der Waals surface area contributed by atoms with Crippen molar-refractivity contribution in [3.63, 3.8) is 0 Å². The number of carbonyl (C=O) groups is 1. The van der Waals surface area contributed by atoms with Crippen LogP contribution in [-0.2, 0) is 4.79 Å². The average molecular weight is 373 g/mol. The Morgan fingerprint density at radius 2 is 2.08 bits per heavy atom. The molecule has 2 rings (SSSR count).